The highest BCUT2D eigenvalue weighted by molar-refractivity contribution is 5.85. The van der Waals surface area contributed by atoms with Crippen molar-refractivity contribution in [3.05, 3.63) is 0 Å². The first-order chi connectivity index (χ1) is 8.76. The van der Waals surface area contributed by atoms with E-state index >= 15 is 0 Å². The highest BCUT2D eigenvalue weighted by atomic mass is 35.5. The van der Waals surface area contributed by atoms with Gasteiger partial charge in [0.2, 0.25) is 5.91 Å². The Kier molecular flexibility index (Phi) is 7.11. The third-order valence-corrected chi connectivity index (χ3v) is 4.65. The van der Waals surface area contributed by atoms with Crippen molar-refractivity contribution in [3.8, 4) is 0 Å². The van der Waals surface area contributed by atoms with E-state index in [0.29, 0.717) is 0 Å². The van der Waals surface area contributed by atoms with E-state index in [4.69, 9.17) is 0 Å². The molecule has 0 aromatic rings. The Morgan fingerprint density at radius 3 is 2.47 bits per heavy atom. The lowest BCUT2D eigenvalue weighted by Crippen LogP contribution is -2.42. The van der Waals surface area contributed by atoms with E-state index in [0.717, 1.165) is 51.7 Å². The van der Waals surface area contributed by atoms with Crippen molar-refractivity contribution in [2.24, 2.45) is 11.3 Å². The number of rotatable bonds is 5. The Balaban J connectivity index is 0.00000180. The molecule has 5 heteroatoms. The minimum Gasteiger partial charge on any atom is -0.396 e. The number of hydrogen-bond donors (Lipinski definition) is 3. The predicted octanol–water partition coefficient (Wildman–Crippen LogP) is 1.47. The number of aliphatic hydroxyl groups is 1. The molecule has 3 N–H and O–H groups in total. The zero-order valence-electron chi connectivity index (χ0n) is 11.6. The quantitative estimate of drug-likeness (QED) is 0.718. The van der Waals surface area contributed by atoms with Crippen LogP contribution in [-0.2, 0) is 4.79 Å². The summed E-state index contributed by atoms with van der Waals surface area (Å²) in [5.41, 5.74) is 0.178. The van der Waals surface area contributed by atoms with Gasteiger partial charge >= 0.3 is 0 Å². The number of amides is 1. The summed E-state index contributed by atoms with van der Waals surface area (Å²) in [6.07, 6.45) is 7.53. The molecule has 0 aromatic heterocycles. The van der Waals surface area contributed by atoms with Gasteiger partial charge in [-0.3, -0.25) is 4.79 Å². The van der Waals surface area contributed by atoms with Crippen molar-refractivity contribution in [1.82, 2.24) is 10.6 Å². The molecular formula is C14H27ClN2O2. The molecule has 2 fully saturated rings. The summed E-state index contributed by atoms with van der Waals surface area (Å²) < 4.78 is 0. The second-order valence-electron chi connectivity index (χ2n) is 5.92. The van der Waals surface area contributed by atoms with Crippen molar-refractivity contribution in [2.75, 3.05) is 26.2 Å². The van der Waals surface area contributed by atoms with Crippen LogP contribution in [0.1, 0.15) is 44.9 Å². The second kappa shape index (κ2) is 8.08. The fourth-order valence-corrected chi connectivity index (χ4v) is 3.38. The van der Waals surface area contributed by atoms with Gasteiger partial charge in [-0.25, -0.2) is 0 Å². The normalized spacial score (nSPS) is 22.8. The molecule has 1 aliphatic carbocycles. The zero-order chi connectivity index (χ0) is 12.8. The number of nitrogens with one attached hydrogen (secondary N) is 2. The summed E-state index contributed by atoms with van der Waals surface area (Å²) in [6, 6.07) is 0. The summed E-state index contributed by atoms with van der Waals surface area (Å²) in [4.78, 5) is 12.1. The van der Waals surface area contributed by atoms with Crippen molar-refractivity contribution in [1.29, 1.82) is 0 Å². The maximum absolute atomic E-state index is 12.1. The maximum atomic E-state index is 12.1. The Bertz CT molecular complexity index is 275. The van der Waals surface area contributed by atoms with E-state index in [2.05, 4.69) is 10.6 Å². The standard InChI is InChI=1S/C14H26N2O2.ClH/c17-10-7-14(5-1-2-6-14)11-16-13(18)12-3-8-15-9-4-12;/h12,15,17H,1-11H2,(H,16,18);1H. The van der Waals surface area contributed by atoms with Crippen LogP contribution in [0.25, 0.3) is 0 Å². The summed E-state index contributed by atoms with van der Waals surface area (Å²) in [7, 11) is 0. The topological polar surface area (TPSA) is 61.4 Å². The predicted molar refractivity (Wildman–Crippen MR) is 78.5 cm³/mol. The van der Waals surface area contributed by atoms with Gasteiger partial charge in [-0.1, -0.05) is 12.8 Å². The van der Waals surface area contributed by atoms with Gasteiger partial charge in [-0.2, -0.15) is 0 Å². The van der Waals surface area contributed by atoms with Gasteiger partial charge in [0, 0.05) is 19.1 Å². The Labute approximate surface area is 122 Å². The molecule has 1 heterocycles. The van der Waals surface area contributed by atoms with Gasteiger partial charge in [0.25, 0.3) is 0 Å². The molecule has 0 aromatic carbocycles. The van der Waals surface area contributed by atoms with Crippen molar-refractivity contribution in [3.63, 3.8) is 0 Å². The average Bonchev–Trinajstić information content (AvgIpc) is 2.87. The fourth-order valence-electron chi connectivity index (χ4n) is 3.38. The van der Waals surface area contributed by atoms with Crippen LogP contribution in [0.3, 0.4) is 0 Å². The van der Waals surface area contributed by atoms with Crippen molar-refractivity contribution < 1.29 is 9.90 Å². The SMILES string of the molecule is Cl.O=C(NCC1(CCO)CCCC1)C1CCNCC1. The minimum atomic E-state index is 0. The van der Waals surface area contributed by atoms with Crippen LogP contribution >= 0.6 is 12.4 Å². The molecular weight excluding hydrogens is 264 g/mol. The van der Waals surface area contributed by atoms with Crippen molar-refractivity contribution in [2.45, 2.75) is 44.9 Å². The third-order valence-electron chi connectivity index (χ3n) is 4.65. The van der Waals surface area contributed by atoms with Gasteiger partial charge in [0.1, 0.15) is 0 Å². The van der Waals surface area contributed by atoms with Gasteiger partial charge in [0.15, 0.2) is 0 Å². The van der Waals surface area contributed by atoms with Crippen LogP contribution in [0.15, 0.2) is 0 Å². The van der Waals surface area contributed by atoms with E-state index in [1.807, 2.05) is 0 Å². The number of halogens is 1. The molecule has 1 aliphatic heterocycles. The summed E-state index contributed by atoms with van der Waals surface area (Å²) in [5, 5.41) is 15.6. The molecule has 1 saturated carbocycles. The first-order valence-electron chi connectivity index (χ1n) is 7.35. The Morgan fingerprint density at radius 1 is 1.26 bits per heavy atom. The van der Waals surface area contributed by atoms with Gasteiger partial charge < -0.3 is 15.7 Å². The molecule has 4 nitrogen and oxygen atoms in total. The Morgan fingerprint density at radius 2 is 1.89 bits per heavy atom. The molecule has 2 aliphatic rings. The molecule has 112 valence electrons. The molecule has 0 atom stereocenters. The second-order valence-corrected chi connectivity index (χ2v) is 5.92. The van der Waals surface area contributed by atoms with E-state index in [1.165, 1.54) is 12.8 Å². The van der Waals surface area contributed by atoms with E-state index in [1.54, 1.807) is 0 Å². The van der Waals surface area contributed by atoms with Crippen LogP contribution in [-0.4, -0.2) is 37.3 Å². The van der Waals surface area contributed by atoms with Crippen LogP contribution in [0, 0.1) is 11.3 Å². The van der Waals surface area contributed by atoms with E-state index in [9.17, 15) is 9.90 Å². The average molecular weight is 291 g/mol. The smallest absolute Gasteiger partial charge is 0.223 e. The Hall–Kier alpha value is -0.320. The lowest BCUT2D eigenvalue weighted by atomic mass is 9.82. The van der Waals surface area contributed by atoms with Crippen LogP contribution in [0.2, 0.25) is 0 Å². The fraction of sp³-hybridized carbons (Fsp3) is 0.929. The number of aliphatic hydroxyl groups excluding tert-OH is 1. The molecule has 1 saturated heterocycles. The number of piperidine rings is 1. The number of carbonyl (C=O) groups is 1. The molecule has 0 radical (unpaired) electrons. The third kappa shape index (κ3) is 4.62. The molecule has 0 bridgehead atoms. The summed E-state index contributed by atoms with van der Waals surface area (Å²) >= 11 is 0. The highest BCUT2D eigenvalue weighted by Crippen LogP contribution is 2.40. The van der Waals surface area contributed by atoms with E-state index < -0.39 is 0 Å². The molecule has 19 heavy (non-hydrogen) atoms. The summed E-state index contributed by atoms with van der Waals surface area (Å²) in [6.45, 7) is 2.92. The van der Waals surface area contributed by atoms with Gasteiger partial charge in [-0.15, -0.1) is 12.4 Å². The number of hydrogen-bond acceptors (Lipinski definition) is 3. The lowest BCUT2D eigenvalue weighted by molar-refractivity contribution is -0.126. The highest BCUT2D eigenvalue weighted by Gasteiger charge is 2.34. The van der Waals surface area contributed by atoms with Crippen LogP contribution < -0.4 is 10.6 Å². The molecule has 2 rings (SSSR count). The molecule has 1 amide bonds. The number of carbonyl (C=O) groups excluding carboxylic acids is 1. The van der Waals surface area contributed by atoms with E-state index in [-0.39, 0.29) is 36.3 Å². The zero-order valence-corrected chi connectivity index (χ0v) is 12.4. The van der Waals surface area contributed by atoms with Crippen LogP contribution in [0.4, 0.5) is 0 Å². The largest absolute Gasteiger partial charge is 0.396 e. The first kappa shape index (κ1) is 16.7. The van der Waals surface area contributed by atoms with Gasteiger partial charge in [-0.05, 0) is 50.6 Å². The minimum absolute atomic E-state index is 0. The maximum Gasteiger partial charge on any atom is 0.223 e. The van der Waals surface area contributed by atoms with Crippen LogP contribution in [0.5, 0.6) is 0 Å². The van der Waals surface area contributed by atoms with Crippen molar-refractivity contribution >= 4 is 18.3 Å². The monoisotopic (exact) mass is 290 g/mol. The first-order valence-corrected chi connectivity index (χ1v) is 7.35. The summed E-state index contributed by atoms with van der Waals surface area (Å²) in [5.74, 6) is 0.416. The lowest BCUT2D eigenvalue weighted by Gasteiger charge is -2.30. The van der Waals surface area contributed by atoms with Gasteiger partial charge in [0.05, 0.1) is 0 Å². The molecule has 0 unspecified atom stereocenters. The molecule has 0 spiro atoms.